The second-order valence-corrected chi connectivity index (χ2v) is 14.7. The van der Waals surface area contributed by atoms with E-state index in [1.807, 2.05) is 0 Å². The highest BCUT2D eigenvalue weighted by Gasteiger charge is 2.20. The summed E-state index contributed by atoms with van der Waals surface area (Å²) in [6.45, 7) is 4.53. The number of benzene rings is 7. The molecule has 0 N–H and O–H groups in total. The second-order valence-electron chi connectivity index (χ2n) is 14.7. The second kappa shape index (κ2) is 14.7. The Morgan fingerprint density at radius 1 is 0.463 bits per heavy atom. The zero-order chi connectivity index (χ0) is 36.4. The van der Waals surface area contributed by atoms with Gasteiger partial charge in [-0.1, -0.05) is 153 Å². The van der Waals surface area contributed by atoms with Crippen LogP contribution in [0.1, 0.15) is 54.9 Å². The molecule has 0 spiro atoms. The van der Waals surface area contributed by atoms with Crippen molar-refractivity contribution in [2.45, 2.75) is 46.0 Å². The Morgan fingerprint density at radius 3 is 1.69 bits per heavy atom. The van der Waals surface area contributed by atoms with Crippen LogP contribution in [0.4, 0.5) is 0 Å². The van der Waals surface area contributed by atoms with Crippen LogP contribution < -0.4 is 0 Å². The van der Waals surface area contributed by atoms with Crippen molar-refractivity contribution in [3.63, 3.8) is 0 Å². The smallest absolute Gasteiger partial charge is 0.143 e. The van der Waals surface area contributed by atoms with E-state index in [0.717, 1.165) is 48.8 Å². The molecule has 0 fully saturated rings. The largest absolute Gasteiger partial charge is 0.455 e. The van der Waals surface area contributed by atoms with Gasteiger partial charge in [0.1, 0.15) is 11.2 Å². The van der Waals surface area contributed by atoms with Crippen LogP contribution in [0, 0.1) is 6.92 Å². The van der Waals surface area contributed by atoms with Crippen LogP contribution in [-0.2, 0) is 6.42 Å². The number of rotatable bonds is 9. The normalized spacial score (nSPS) is 12.9. The van der Waals surface area contributed by atoms with E-state index in [1.165, 1.54) is 83.1 Å². The first kappa shape index (κ1) is 33.6. The van der Waals surface area contributed by atoms with Crippen LogP contribution >= 0.6 is 0 Å². The van der Waals surface area contributed by atoms with Crippen LogP contribution in [0.2, 0.25) is 0 Å². The lowest BCUT2D eigenvalue weighted by molar-refractivity contribution is 0.669. The minimum absolute atomic E-state index is 0.945. The Kier molecular flexibility index (Phi) is 9.15. The monoisotopic (exact) mass is 696 g/mol. The lowest BCUT2D eigenvalue weighted by atomic mass is 9.83. The van der Waals surface area contributed by atoms with Crippen LogP contribution in [-0.4, -0.2) is 0 Å². The van der Waals surface area contributed by atoms with E-state index >= 15 is 0 Å². The molecule has 0 saturated heterocycles. The molecule has 0 aliphatic heterocycles. The molecule has 1 aliphatic carbocycles. The summed E-state index contributed by atoms with van der Waals surface area (Å²) in [7, 11) is 0. The lowest BCUT2D eigenvalue weighted by Gasteiger charge is -2.22. The number of furan rings is 1. The van der Waals surface area contributed by atoms with E-state index in [4.69, 9.17) is 4.42 Å². The van der Waals surface area contributed by atoms with Crippen LogP contribution in [0.3, 0.4) is 0 Å². The van der Waals surface area contributed by atoms with Crippen molar-refractivity contribution in [1.29, 1.82) is 0 Å². The SMILES string of the molecule is CCCCc1c(C2=CC=C(c3cc(-c4ccccc4)cc(-c4ccccc4)c3)CC2)cccc1-c1cc2c(cc1C)oc1c(-c3ccccc3)cccc12. The maximum absolute atomic E-state index is 6.62. The van der Waals surface area contributed by atoms with Gasteiger partial charge >= 0.3 is 0 Å². The average Bonchev–Trinajstić information content (AvgIpc) is 3.60. The number of hydrogen-bond donors (Lipinski definition) is 0. The number of hydrogen-bond acceptors (Lipinski definition) is 1. The van der Waals surface area contributed by atoms with E-state index in [2.05, 4.69) is 184 Å². The summed E-state index contributed by atoms with van der Waals surface area (Å²) in [5, 5.41) is 2.34. The number of unbranched alkanes of at least 4 members (excludes halogenated alkanes) is 1. The number of aryl methyl sites for hydroxylation is 1. The minimum atomic E-state index is 0.945. The fourth-order valence-corrected chi connectivity index (χ4v) is 8.35. The molecule has 0 saturated carbocycles. The van der Waals surface area contributed by atoms with Gasteiger partial charge in [-0.3, -0.25) is 0 Å². The molecule has 0 unspecified atom stereocenters. The molecule has 0 amide bonds. The zero-order valence-electron chi connectivity index (χ0n) is 31.1. The minimum Gasteiger partial charge on any atom is -0.455 e. The molecular weight excluding hydrogens is 653 g/mol. The molecule has 7 aromatic carbocycles. The summed E-state index contributed by atoms with van der Waals surface area (Å²) < 4.78 is 6.62. The van der Waals surface area contributed by atoms with E-state index in [0.29, 0.717) is 0 Å². The van der Waals surface area contributed by atoms with Crippen molar-refractivity contribution in [2.75, 3.05) is 0 Å². The third-order valence-corrected chi connectivity index (χ3v) is 11.2. The molecular formula is C53H44O. The molecule has 9 rings (SSSR count). The van der Waals surface area contributed by atoms with Gasteiger partial charge in [-0.2, -0.15) is 0 Å². The van der Waals surface area contributed by atoms with E-state index in [1.54, 1.807) is 0 Å². The number of para-hydroxylation sites is 1. The lowest BCUT2D eigenvalue weighted by Crippen LogP contribution is -2.01. The van der Waals surface area contributed by atoms with Gasteiger partial charge in [-0.15, -0.1) is 0 Å². The molecule has 1 aliphatic rings. The summed E-state index contributed by atoms with van der Waals surface area (Å²) in [6, 6.07) is 57.3. The zero-order valence-corrected chi connectivity index (χ0v) is 31.1. The van der Waals surface area contributed by atoms with Gasteiger partial charge in [-0.25, -0.2) is 0 Å². The van der Waals surface area contributed by atoms with Crippen molar-refractivity contribution in [1.82, 2.24) is 0 Å². The van der Waals surface area contributed by atoms with Crippen molar-refractivity contribution < 1.29 is 4.42 Å². The highest BCUT2D eigenvalue weighted by Crippen LogP contribution is 2.42. The highest BCUT2D eigenvalue weighted by molar-refractivity contribution is 6.11. The molecule has 0 atom stereocenters. The third kappa shape index (κ3) is 6.41. The fraction of sp³-hybridized carbons (Fsp3) is 0.132. The maximum atomic E-state index is 6.62. The van der Waals surface area contributed by atoms with Crippen LogP contribution in [0.25, 0.3) is 77.6 Å². The molecule has 262 valence electrons. The first-order chi connectivity index (χ1) is 26.6. The van der Waals surface area contributed by atoms with Crippen molar-refractivity contribution in [3.05, 3.63) is 192 Å². The molecule has 0 radical (unpaired) electrons. The molecule has 1 heterocycles. The average molecular weight is 697 g/mol. The summed E-state index contributed by atoms with van der Waals surface area (Å²) in [6.07, 6.45) is 10.2. The van der Waals surface area contributed by atoms with Gasteiger partial charge in [-0.05, 0) is 135 Å². The van der Waals surface area contributed by atoms with E-state index < -0.39 is 0 Å². The quantitative estimate of drug-likeness (QED) is 0.146. The summed E-state index contributed by atoms with van der Waals surface area (Å²) in [4.78, 5) is 0. The van der Waals surface area contributed by atoms with Crippen LogP contribution in [0.5, 0.6) is 0 Å². The molecule has 1 heteroatoms. The van der Waals surface area contributed by atoms with Crippen molar-refractivity contribution in [3.8, 4) is 44.5 Å². The Labute approximate surface area is 319 Å². The van der Waals surface area contributed by atoms with Gasteiger partial charge < -0.3 is 4.42 Å². The van der Waals surface area contributed by atoms with E-state index in [9.17, 15) is 0 Å². The van der Waals surface area contributed by atoms with Crippen molar-refractivity contribution >= 4 is 33.1 Å². The Morgan fingerprint density at radius 2 is 1.04 bits per heavy atom. The van der Waals surface area contributed by atoms with Gasteiger partial charge in [0, 0.05) is 16.3 Å². The molecule has 54 heavy (non-hydrogen) atoms. The highest BCUT2D eigenvalue weighted by atomic mass is 16.3. The molecule has 1 nitrogen and oxygen atoms in total. The predicted molar refractivity (Wildman–Crippen MR) is 230 cm³/mol. The van der Waals surface area contributed by atoms with Gasteiger partial charge in [0.05, 0.1) is 0 Å². The fourth-order valence-electron chi connectivity index (χ4n) is 8.35. The Hall–Kier alpha value is -6.18. The first-order valence-electron chi connectivity index (χ1n) is 19.4. The predicted octanol–water partition coefficient (Wildman–Crippen LogP) is 15.2. The summed E-state index contributed by atoms with van der Waals surface area (Å²) in [5.41, 5.74) is 20.1. The van der Waals surface area contributed by atoms with E-state index in [-0.39, 0.29) is 0 Å². The van der Waals surface area contributed by atoms with Gasteiger partial charge in [0.15, 0.2) is 0 Å². The van der Waals surface area contributed by atoms with Crippen LogP contribution in [0.15, 0.2) is 174 Å². The number of fused-ring (bicyclic) bond motifs is 3. The topological polar surface area (TPSA) is 13.1 Å². The Bertz CT molecular complexity index is 2620. The standard InChI is InChI=1S/C53H44O/c1-3-4-22-47-45(41-29-27-39(28-30-41)44-33-42(37-16-8-5-9-17-37)32-43(34-44)38-18-10-6-11-19-38)23-14-25-48(47)50-35-51-49-26-15-24-46(40-20-12-7-13-21-40)53(49)54-52(51)31-36(50)2/h5-21,23-27,29,31-35H,3-4,22,28,30H2,1-2H3. The van der Waals surface area contributed by atoms with Crippen molar-refractivity contribution in [2.24, 2.45) is 0 Å². The molecule has 1 aromatic heterocycles. The Balaban J connectivity index is 1.12. The molecule has 8 aromatic rings. The summed E-state index contributed by atoms with van der Waals surface area (Å²) in [5.74, 6) is 0. The van der Waals surface area contributed by atoms with Gasteiger partial charge in [0.2, 0.25) is 0 Å². The first-order valence-corrected chi connectivity index (χ1v) is 19.4. The maximum Gasteiger partial charge on any atom is 0.143 e. The van der Waals surface area contributed by atoms with Gasteiger partial charge in [0.25, 0.3) is 0 Å². The number of allylic oxidation sites excluding steroid dienone is 4. The third-order valence-electron chi connectivity index (χ3n) is 11.2. The summed E-state index contributed by atoms with van der Waals surface area (Å²) >= 11 is 0. The molecule has 0 bridgehead atoms.